The molecule has 144 valence electrons. The van der Waals surface area contributed by atoms with Crippen LogP contribution in [-0.4, -0.2) is 39.9 Å². The van der Waals surface area contributed by atoms with Gasteiger partial charge >= 0.3 is 0 Å². The Labute approximate surface area is 162 Å². The normalized spacial score (nSPS) is 20.8. The van der Waals surface area contributed by atoms with Gasteiger partial charge in [0, 0.05) is 48.6 Å². The lowest BCUT2D eigenvalue weighted by Crippen LogP contribution is -2.43. The molecule has 1 aromatic heterocycles. The summed E-state index contributed by atoms with van der Waals surface area (Å²) in [5, 5.41) is 20.2. The molecule has 3 atom stereocenters. The molecule has 3 rings (SSSR count). The Balaban J connectivity index is 1.60. The number of hydrogen-bond acceptors (Lipinski definition) is 4. The van der Waals surface area contributed by atoms with Gasteiger partial charge in [-0.25, -0.2) is 0 Å². The van der Waals surface area contributed by atoms with Crippen molar-refractivity contribution in [2.75, 3.05) is 13.2 Å². The van der Waals surface area contributed by atoms with Crippen molar-refractivity contribution in [2.45, 2.75) is 24.8 Å². The van der Waals surface area contributed by atoms with Crippen LogP contribution < -0.4 is 10.6 Å². The van der Waals surface area contributed by atoms with Gasteiger partial charge < -0.3 is 15.7 Å². The highest BCUT2D eigenvalue weighted by atomic mass is 35.5. The number of aliphatic hydroxyl groups excluding tert-OH is 1. The number of nitrogens with zero attached hydrogens (tertiary/aromatic N) is 2. The molecule has 1 aliphatic heterocycles. The minimum atomic E-state index is -0.409. The monoisotopic (exact) mass is 390 g/mol. The van der Waals surface area contributed by atoms with Gasteiger partial charge in [-0.3, -0.25) is 14.3 Å². The molecule has 8 heteroatoms. The predicted octanol–water partition coefficient (Wildman–Crippen LogP) is 1.53. The zero-order chi connectivity index (χ0) is 19.4. The van der Waals surface area contributed by atoms with Crippen LogP contribution in [0.5, 0.6) is 0 Å². The Morgan fingerprint density at radius 3 is 2.81 bits per heavy atom. The molecule has 0 saturated carbocycles. The van der Waals surface area contributed by atoms with Gasteiger partial charge in [-0.1, -0.05) is 23.7 Å². The van der Waals surface area contributed by atoms with Crippen LogP contribution in [0, 0.1) is 5.92 Å². The van der Waals surface area contributed by atoms with Gasteiger partial charge in [0.2, 0.25) is 11.8 Å². The minimum absolute atomic E-state index is 0.0919. The number of aromatic nitrogens is 2. The van der Waals surface area contributed by atoms with E-state index in [1.807, 2.05) is 25.4 Å². The lowest BCUT2D eigenvalue weighted by molar-refractivity contribution is -0.133. The summed E-state index contributed by atoms with van der Waals surface area (Å²) >= 11 is 5.89. The molecule has 1 fully saturated rings. The molecule has 0 spiro atoms. The summed E-state index contributed by atoms with van der Waals surface area (Å²) in [7, 11) is 1.81. The topological polar surface area (TPSA) is 96.3 Å². The molecule has 1 aromatic carbocycles. The first-order chi connectivity index (χ1) is 13.0. The number of piperidine rings is 1. The number of rotatable bonds is 6. The van der Waals surface area contributed by atoms with Gasteiger partial charge in [0.25, 0.3) is 0 Å². The SMILES string of the molecule is Cn1cc([C@@H]2C[C@H](C(=O)NCC(CO)c3ccc(Cl)cc3)CC(=O)N2)cn1. The van der Waals surface area contributed by atoms with E-state index < -0.39 is 5.92 Å². The van der Waals surface area contributed by atoms with E-state index in [1.54, 1.807) is 23.0 Å². The molecular formula is C19H23ClN4O3. The fourth-order valence-corrected chi connectivity index (χ4v) is 3.46. The number of hydrogen-bond donors (Lipinski definition) is 3. The zero-order valence-electron chi connectivity index (χ0n) is 15.1. The van der Waals surface area contributed by atoms with Crippen molar-refractivity contribution < 1.29 is 14.7 Å². The third-order valence-corrected chi connectivity index (χ3v) is 5.12. The standard InChI is InChI=1S/C19H23ClN4O3/c1-24-10-14(9-22-24)17-6-13(7-18(26)23-17)19(27)21-8-15(11-25)12-2-4-16(20)5-3-12/h2-5,9-10,13,15,17,25H,6-8,11H2,1H3,(H,21,27)(H,23,26)/t13-,15?,17-/m0/s1. The second-order valence-electron chi connectivity index (χ2n) is 6.88. The van der Waals surface area contributed by atoms with E-state index in [1.165, 1.54) is 0 Å². The third-order valence-electron chi connectivity index (χ3n) is 4.87. The smallest absolute Gasteiger partial charge is 0.223 e. The first-order valence-electron chi connectivity index (χ1n) is 8.88. The first kappa shape index (κ1) is 19.4. The van der Waals surface area contributed by atoms with Crippen LogP contribution >= 0.6 is 11.6 Å². The molecule has 0 bridgehead atoms. The molecule has 7 nitrogen and oxygen atoms in total. The molecule has 2 heterocycles. The van der Waals surface area contributed by atoms with Crippen molar-refractivity contribution in [3.05, 3.63) is 52.8 Å². The van der Waals surface area contributed by atoms with Gasteiger partial charge in [0.05, 0.1) is 18.8 Å². The number of aliphatic hydroxyl groups is 1. The number of carbonyl (C=O) groups excluding carboxylic acids is 2. The van der Waals surface area contributed by atoms with Crippen molar-refractivity contribution in [3.8, 4) is 0 Å². The molecule has 0 aliphatic carbocycles. The Kier molecular flexibility index (Phi) is 6.13. The lowest BCUT2D eigenvalue weighted by Gasteiger charge is -2.29. The lowest BCUT2D eigenvalue weighted by atomic mass is 9.88. The number of halogens is 1. The van der Waals surface area contributed by atoms with Crippen molar-refractivity contribution >= 4 is 23.4 Å². The van der Waals surface area contributed by atoms with Gasteiger partial charge in [0.15, 0.2) is 0 Å². The molecule has 1 saturated heterocycles. The average Bonchev–Trinajstić information content (AvgIpc) is 3.09. The number of aryl methyl sites for hydroxylation is 1. The summed E-state index contributed by atoms with van der Waals surface area (Å²) in [6.45, 7) is 0.206. The molecule has 3 N–H and O–H groups in total. The van der Waals surface area contributed by atoms with Crippen LogP contribution in [0.1, 0.15) is 35.9 Å². The second kappa shape index (κ2) is 8.54. The molecule has 27 heavy (non-hydrogen) atoms. The van der Waals surface area contributed by atoms with Crippen LogP contribution in [0.4, 0.5) is 0 Å². The van der Waals surface area contributed by atoms with Crippen molar-refractivity contribution in [2.24, 2.45) is 13.0 Å². The Bertz CT molecular complexity index is 806. The predicted molar refractivity (Wildman–Crippen MR) is 101 cm³/mol. The molecule has 1 unspecified atom stereocenters. The summed E-state index contributed by atoms with van der Waals surface area (Å²) in [5.41, 5.74) is 1.79. The molecular weight excluding hydrogens is 368 g/mol. The fourth-order valence-electron chi connectivity index (χ4n) is 3.33. The maximum Gasteiger partial charge on any atom is 0.223 e. The summed E-state index contributed by atoms with van der Waals surface area (Å²) in [5.74, 6) is -0.955. The van der Waals surface area contributed by atoms with Crippen molar-refractivity contribution in [1.29, 1.82) is 0 Å². The van der Waals surface area contributed by atoms with E-state index in [9.17, 15) is 14.7 Å². The fraction of sp³-hybridized carbons (Fsp3) is 0.421. The number of nitrogens with one attached hydrogen (secondary N) is 2. The molecule has 1 aliphatic rings. The van der Waals surface area contributed by atoms with Crippen LogP contribution in [0.3, 0.4) is 0 Å². The molecule has 0 radical (unpaired) electrons. The number of benzene rings is 1. The summed E-state index contributed by atoms with van der Waals surface area (Å²) in [6.07, 6.45) is 4.22. The van der Waals surface area contributed by atoms with Gasteiger partial charge in [-0.05, 0) is 24.1 Å². The first-order valence-corrected chi connectivity index (χ1v) is 9.26. The van der Waals surface area contributed by atoms with Crippen LogP contribution in [0.2, 0.25) is 5.02 Å². The van der Waals surface area contributed by atoms with E-state index in [-0.39, 0.29) is 36.8 Å². The maximum absolute atomic E-state index is 12.6. The largest absolute Gasteiger partial charge is 0.396 e. The average molecular weight is 391 g/mol. The molecule has 2 amide bonds. The van der Waals surface area contributed by atoms with Gasteiger partial charge in [0.1, 0.15) is 0 Å². The highest BCUT2D eigenvalue weighted by Crippen LogP contribution is 2.28. The van der Waals surface area contributed by atoms with Gasteiger partial charge in [-0.2, -0.15) is 5.10 Å². The van der Waals surface area contributed by atoms with E-state index in [4.69, 9.17) is 11.6 Å². The van der Waals surface area contributed by atoms with Crippen LogP contribution in [0.25, 0.3) is 0 Å². The van der Waals surface area contributed by atoms with Gasteiger partial charge in [-0.15, -0.1) is 0 Å². The van der Waals surface area contributed by atoms with E-state index in [2.05, 4.69) is 15.7 Å². The van der Waals surface area contributed by atoms with Crippen LogP contribution in [0.15, 0.2) is 36.7 Å². The minimum Gasteiger partial charge on any atom is -0.396 e. The maximum atomic E-state index is 12.6. The Morgan fingerprint density at radius 1 is 1.44 bits per heavy atom. The van der Waals surface area contributed by atoms with E-state index in [0.717, 1.165) is 11.1 Å². The van der Waals surface area contributed by atoms with E-state index >= 15 is 0 Å². The highest BCUT2D eigenvalue weighted by molar-refractivity contribution is 6.30. The molecule has 2 aromatic rings. The second-order valence-corrected chi connectivity index (χ2v) is 7.32. The number of carbonyl (C=O) groups is 2. The Hall–Kier alpha value is -2.38. The van der Waals surface area contributed by atoms with Crippen molar-refractivity contribution in [1.82, 2.24) is 20.4 Å². The highest BCUT2D eigenvalue weighted by Gasteiger charge is 2.32. The quantitative estimate of drug-likeness (QED) is 0.697. The summed E-state index contributed by atoms with van der Waals surface area (Å²) in [6, 6.07) is 6.96. The Morgan fingerprint density at radius 2 is 2.19 bits per heavy atom. The number of amides is 2. The van der Waals surface area contributed by atoms with E-state index in [0.29, 0.717) is 18.0 Å². The summed E-state index contributed by atoms with van der Waals surface area (Å²) in [4.78, 5) is 24.7. The third kappa shape index (κ3) is 4.87. The zero-order valence-corrected chi connectivity index (χ0v) is 15.8. The van der Waals surface area contributed by atoms with Crippen LogP contribution in [-0.2, 0) is 16.6 Å². The van der Waals surface area contributed by atoms with Crippen molar-refractivity contribution in [3.63, 3.8) is 0 Å². The summed E-state index contributed by atoms with van der Waals surface area (Å²) < 4.78 is 1.67.